The lowest BCUT2D eigenvalue weighted by Gasteiger charge is -2.53. The first kappa shape index (κ1) is 33.6. The average molecular weight is 670 g/mol. The number of aromatic nitrogens is 1. The van der Waals surface area contributed by atoms with Gasteiger partial charge in [0.1, 0.15) is 5.75 Å². The van der Waals surface area contributed by atoms with Crippen LogP contribution < -0.4 is 4.43 Å². The zero-order chi connectivity index (χ0) is 34.6. The standard InChI is InChI=1S/C44H51NO3Si/c1-42(2,3)49(6,7)48-32-19-21-33-31(28-32)18-20-35-34(33)22-26-44(5)38(35)23-25-43(44,4)24-13-27-47-41(46)37-29-40(30-14-9-8-10-15-30)45-39-17-12-11-16-36(37)39/h8-12,14-17,19,21,28-29,34-35,38H,18,20,22-23,25-27H2,1-7H3/t34-,35-,38+,43-,44+/m1/s1. The molecule has 4 nitrogen and oxygen atoms in total. The summed E-state index contributed by atoms with van der Waals surface area (Å²) in [6, 6.07) is 26.6. The van der Waals surface area contributed by atoms with E-state index in [2.05, 4.69) is 77.8 Å². The van der Waals surface area contributed by atoms with Crippen molar-refractivity contribution in [2.75, 3.05) is 6.61 Å². The molecule has 4 aromatic rings. The quantitative estimate of drug-likeness (QED) is 0.121. The highest BCUT2D eigenvalue weighted by Crippen LogP contribution is 2.67. The highest BCUT2D eigenvalue weighted by molar-refractivity contribution is 6.74. The van der Waals surface area contributed by atoms with Crippen LogP contribution >= 0.6 is 0 Å². The van der Waals surface area contributed by atoms with Crippen molar-refractivity contribution in [3.63, 3.8) is 0 Å². The monoisotopic (exact) mass is 669 g/mol. The molecule has 0 unspecified atom stereocenters. The van der Waals surface area contributed by atoms with E-state index in [9.17, 15) is 4.79 Å². The molecule has 0 radical (unpaired) electrons. The van der Waals surface area contributed by atoms with E-state index in [0.29, 0.717) is 23.3 Å². The molecular weight excluding hydrogens is 619 g/mol. The molecule has 0 aliphatic heterocycles. The van der Waals surface area contributed by atoms with Crippen LogP contribution in [0.2, 0.25) is 18.1 Å². The lowest BCUT2D eigenvalue weighted by atomic mass is 9.51. The van der Waals surface area contributed by atoms with Crippen LogP contribution in [-0.2, 0) is 11.2 Å². The molecule has 254 valence electrons. The predicted octanol–water partition coefficient (Wildman–Crippen LogP) is 11.0. The summed E-state index contributed by atoms with van der Waals surface area (Å²) in [7, 11) is -1.88. The number of pyridine rings is 1. The normalized spacial score (nSPS) is 26.1. The molecule has 2 saturated carbocycles. The molecule has 1 aromatic heterocycles. The molecule has 3 aliphatic rings. The molecule has 0 bridgehead atoms. The van der Waals surface area contributed by atoms with Gasteiger partial charge in [-0.15, -0.1) is 0 Å². The van der Waals surface area contributed by atoms with E-state index in [1.54, 1.807) is 5.56 Å². The van der Waals surface area contributed by atoms with Gasteiger partial charge in [0, 0.05) is 16.4 Å². The van der Waals surface area contributed by atoms with Crippen molar-refractivity contribution in [2.45, 2.75) is 97.2 Å². The summed E-state index contributed by atoms with van der Waals surface area (Å²) in [6.45, 7) is 16.5. The van der Waals surface area contributed by atoms with Crippen LogP contribution in [-0.4, -0.2) is 25.9 Å². The number of hydrogen-bond acceptors (Lipinski definition) is 4. The Balaban J connectivity index is 1.05. The molecule has 7 rings (SSSR count). The smallest absolute Gasteiger partial charge is 0.339 e. The molecule has 0 saturated heterocycles. The third kappa shape index (κ3) is 6.01. The van der Waals surface area contributed by atoms with Crippen LogP contribution in [0.3, 0.4) is 0 Å². The molecule has 0 amide bonds. The second kappa shape index (κ2) is 12.5. The molecular formula is C44H51NO3Si. The van der Waals surface area contributed by atoms with E-state index in [4.69, 9.17) is 14.1 Å². The third-order valence-electron chi connectivity index (χ3n) is 13.1. The fourth-order valence-electron chi connectivity index (χ4n) is 9.05. The van der Waals surface area contributed by atoms with Crippen molar-refractivity contribution < 1.29 is 14.0 Å². The predicted molar refractivity (Wildman–Crippen MR) is 202 cm³/mol. The Morgan fingerprint density at radius 1 is 0.939 bits per heavy atom. The molecule has 5 atom stereocenters. The first-order valence-electron chi connectivity index (χ1n) is 18.2. The van der Waals surface area contributed by atoms with Crippen LogP contribution in [0, 0.1) is 34.5 Å². The molecule has 3 aliphatic carbocycles. The fourth-order valence-corrected chi connectivity index (χ4v) is 10.1. The summed E-state index contributed by atoms with van der Waals surface area (Å²) in [4.78, 5) is 18.3. The van der Waals surface area contributed by atoms with Crippen molar-refractivity contribution in [1.82, 2.24) is 4.98 Å². The van der Waals surface area contributed by atoms with Gasteiger partial charge in [0.15, 0.2) is 6.61 Å². The number of nitrogens with zero attached hydrogens (tertiary/aromatic N) is 1. The minimum absolute atomic E-state index is 0.0885. The van der Waals surface area contributed by atoms with Gasteiger partial charge in [-0.1, -0.05) is 94.1 Å². The van der Waals surface area contributed by atoms with Gasteiger partial charge >= 0.3 is 5.97 Å². The lowest BCUT2D eigenvalue weighted by Crippen LogP contribution is -2.45. The number of hydrogen-bond donors (Lipinski definition) is 0. The topological polar surface area (TPSA) is 48.4 Å². The van der Waals surface area contributed by atoms with Crippen molar-refractivity contribution >= 4 is 25.2 Å². The number of rotatable bonds is 5. The van der Waals surface area contributed by atoms with E-state index < -0.39 is 8.32 Å². The van der Waals surface area contributed by atoms with Crippen molar-refractivity contribution in [3.8, 4) is 28.8 Å². The van der Waals surface area contributed by atoms with Gasteiger partial charge in [-0.2, -0.15) is 0 Å². The van der Waals surface area contributed by atoms with Gasteiger partial charge in [0.05, 0.1) is 16.8 Å². The Bertz CT molecular complexity index is 1950. The van der Waals surface area contributed by atoms with E-state index in [1.165, 1.54) is 31.2 Å². The molecule has 0 spiro atoms. The van der Waals surface area contributed by atoms with Gasteiger partial charge in [-0.05, 0) is 122 Å². The number of esters is 1. The molecule has 2 fully saturated rings. The zero-order valence-corrected chi connectivity index (χ0v) is 31.4. The maximum absolute atomic E-state index is 13.5. The Hall–Kier alpha value is -3.88. The Labute approximate surface area is 294 Å². The molecule has 49 heavy (non-hydrogen) atoms. The van der Waals surface area contributed by atoms with Crippen LogP contribution in [0.4, 0.5) is 0 Å². The summed E-state index contributed by atoms with van der Waals surface area (Å²) in [5.41, 5.74) is 6.15. The summed E-state index contributed by atoms with van der Waals surface area (Å²) in [6.07, 6.45) is 7.07. The van der Waals surface area contributed by atoms with Gasteiger partial charge in [0.25, 0.3) is 0 Å². The third-order valence-corrected chi connectivity index (χ3v) is 17.5. The van der Waals surface area contributed by atoms with Crippen molar-refractivity contribution in [2.24, 2.45) is 22.7 Å². The fraction of sp³-hybridized carbons (Fsp3) is 0.455. The Kier molecular flexibility index (Phi) is 8.55. The van der Waals surface area contributed by atoms with E-state index in [1.807, 2.05) is 60.7 Å². The van der Waals surface area contributed by atoms with Crippen LogP contribution in [0.5, 0.6) is 5.75 Å². The number of aryl methyl sites for hydroxylation is 1. The minimum Gasteiger partial charge on any atom is -0.543 e. The van der Waals surface area contributed by atoms with Crippen LogP contribution in [0.25, 0.3) is 22.2 Å². The van der Waals surface area contributed by atoms with Crippen molar-refractivity contribution in [3.05, 3.63) is 95.6 Å². The molecule has 0 N–H and O–H groups in total. The lowest BCUT2D eigenvalue weighted by molar-refractivity contribution is 0.00872. The highest BCUT2D eigenvalue weighted by atomic mass is 28.4. The van der Waals surface area contributed by atoms with Gasteiger partial charge in [0.2, 0.25) is 8.32 Å². The number of benzene rings is 3. The van der Waals surface area contributed by atoms with Gasteiger partial charge < -0.3 is 9.16 Å². The second-order valence-corrected chi connectivity index (χ2v) is 21.5. The number of carbonyl (C=O) groups is 1. The number of para-hydroxylation sites is 1. The maximum Gasteiger partial charge on any atom is 0.339 e. The molecule has 3 aromatic carbocycles. The average Bonchev–Trinajstić information content (AvgIpc) is 3.35. The zero-order valence-electron chi connectivity index (χ0n) is 30.4. The molecule has 5 heteroatoms. The summed E-state index contributed by atoms with van der Waals surface area (Å²) in [5, 5.41) is 0.978. The molecule has 1 heterocycles. The maximum atomic E-state index is 13.5. The van der Waals surface area contributed by atoms with Crippen molar-refractivity contribution in [1.29, 1.82) is 0 Å². The first-order valence-corrected chi connectivity index (χ1v) is 21.1. The number of ether oxygens (including phenoxy) is 1. The first-order chi connectivity index (χ1) is 23.3. The van der Waals surface area contributed by atoms with Crippen LogP contribution in [0.15, 0.2) is 78.9 Å². The van der Waals surface area contributed by atoms with Gasteiger partial charge in [-0.3, -0.25) is 0 Å². The SMILES string of the molecule is CC(C)(C)[Si](C)(C)Oc1ccc2c(c1)CC[C@@H]1[C@@H]2CC[C@@]2(C)[C@H]1CC[C@@]2(C)C#CCOC(=O)c1cc(-c2ccccc2)nc2ccccc12. The van der Waals surface area contributed by atoms with E-state index in [-0.39, 0.29) is 28.4 Å². The summed E-state index contributed by atoms with van der Waals surface area (Å²) < 4.78 is 12.5. The summed E-state index contributed by atoms with van der Waals surface area (Å²) >= 11 is 0. The highest BCUT2D eigenvalue weighted by Gasteiger charge is 2.59. The van der Waals surface area contributed by atoms with E-state index in [0.717, 1.165) is 40.8 Å². The summed E-state index contributed by atoms with van der Waals surface area (Å²) in [5.74, 6) is 9.68. The second-order valence-electron chi connectivity index (χ2n) is 16.8. The minimum atomic E-state index is -1.88. The Morgan fingerprint density at radius 2 is 1.69 bits per heavy atom. The van der Waals surface area contributed by atoms with E-state index >= 15 is 0 Å². The Morgan fingerprint density at radius 3 is 2.47 bits per heavy atom. The number of fused-ring (bicyclic) bond motifs is 6. The van der Waals surface area contributed by atoms with Crippen LogP contribution in [0.1, 0.15) is 94.1 Å². The number of carbonyl (C=O) groups excluding carboxylic acids is 1. The van der Waals surface area contributed by atoms with Gasteiger partial charge in [-0.25, -0.2) is 9.78 Å². The largest absolute Gasteiger partial charge is 0.543 e.